The van der Waals surface area contributed by atoms with Crippen molar-refractivity contribution in [2.24, 2.45) is 11.8 Å². The molecule has 20 heavy (non-hydrogen) atoms. The van der Waals surface area contributed by atoms with Gasteiger partial charge in [0, 0.05) is 25.2 Å². The Hall–Kier alpha value is -0.120. The first-order valence-electron chi connectivity index (χ1n) is 8.70. The monoisotopic (exact) mass is 282 g/mol. The summed E-state index contributed by atoms with van der Waals surface area (Å²) in [7, 11) is 2.14. The fourth-order valence-electron chi connectivity index (χ4n) is 4.13. The van der Waals surface area contributed by atoms with E-state index < -0.39 is 0 Å². The summed E-state index contributed by atoms with van der Waals surface area (Å²) in [6.07, 6.45) is 7.14. The van der Waals surface area contributed by atoms with Gasteiger partial charge < -0.3 is 10.1 Å². The van der Waals surface area contributed by atoms with Crippen molar-refractivity contribution in [2.45, 2.75) is 71.1 Å². The van der Waals surface area contributed by atoms with Crippen LogP contribution in [0.4, 0.5) is 0 Å². The van der Waals surface area contributed by atoms with E-state index in [1.54, 1.807) is 0 Å². The minimum atomic E-state index is 0.399. The maximum Gasteiger partial charge on any atom is 0.0674 e. The van der Waals surface area contributed by atoms with Crippen molar-refractivity contribution in [2.75, 3.05) is 26.7 Å². The molecule has 0 aromatic carbocycles. The summed E-state index contributed by atoms with van der Waals surface area (Å²) in [5.74, 6) is 1.76. The SMILES string of the molecule is CCC1CCC(NC)C(CN2CC(C)OCC2CC)C1. The molecule has 5 atom stereocenters. The van der Waals surface area contributed by atoms with Crippen LogP contribution in [0.3, 0.4) is 0 Å². The van der Waals surface area contributed by atoms with Crippen LogP contribution in [0.15, 0.2) is 0 Å². The van der Waals surface area contributed by atoms with E-state index in [1.165, 1.54) is 38.6 Å². The van der Waals surface area contributed by atoms with Gasteiger partial charge in [-0.1, -0.05) is 20.3 Å². The van der Waals surface area contributed by atoms with Gasteiger partial charge in [-0.15, -0.1) is 0 Å². The molecule has 3 nitrogen and oxygen atoms in total. The molecule has 3 heteroatoms. The highest BCUT2D eigenvalue weighted by molar-refractivity contribution is 4.88. The van der Waals surface area contributed by atoms with E-state index in [0.29, 0.717) is 18.2 Å². The second-order valence-electron chi connectivity index (χ2n) is 6.90. The van der Waals surface area contributed by atoms with Crippen LogP contribution in [-0.4, -0.2) is 49.8 Å². The lowest BCUT2D eigenvalue weighted by molar-refractivity contribution is -0.0647. The van der Waals surface area contributed by atoms with E-state index in [1.807, 2.05) is 0 Å². The van der Waals surface area contributed by atoms with Crippen LogP contribution < -0.4 is 5.32 Å². The van der Waals surface area contributed by atoms with Gasteiger partial charge in [-0.25, -0.2) is 0 Å². The largest absolute Gasteiger partial charge is 0.376 e. The van der Waals surface area contributed by atoms with Crippen LogP contribution in [0.2, 0.25) is 0 Å². The highest BCUT2D eigenvalue weighted by Gasteiger charge is 2.33. The minimum absolute atomic E-state index is 0.399. The van der Waals surface area contributed by atoms with Crippen molar-refractivity contribution in [1.29, 1.82) is 0 Å². The zero-order chi connectivity index (χ0) is 14.5. The maximum atomic E-state index is 5.84. The Morgan fingerprint density at radius 2 is 2.00 bits per heavy atom. The summed E-state index contributed by atoms with van der Waals surface area (Å²) in [5.41, 5.74) is 0. The molecule has 0 aromatic heterocycles. The van der Waals surface area contributed by atoms with Crippen LogP contribution >= 0.6 is 0 Å². The molecule has 0 bridgehead atoms. The third kappa shape index (κ3) is 3.96. The van der Waals surface area contributed by atoms with Gasteiger partial charge in [0.05, 0.1) is 12.7 Å². The molecule has 1 aliphatic carbocycles. The highest BCUT2D eigenvalue weighted by Crippen LogP contribution is 2.32. The maximum absolute atomic E-state index is 5.84. The first-order valence-corrected chi connectivity index (χ1v) is 8.70. The Morgan fingerprint density at radius 1 is 1.20 bits per heavy atom. The van der Waals surface area contributed by atoms with Crippen LogP contribution in [-0.2, 0) is 4.74 Å². The van der Waals surface area contributed by atoms with Crippen molar-refractivity contribution in [3.05, 3.63) is 0 Å². The van der Waals surface area contributed by atoms with E-state index in [2.05, 4.69) is 38.0 Å². The third-order valence-electron chi connectivity index (χ3n) is 5.56. The zero-order valence-electron chi connectivity index (χ0n) is 13.9. The van der Waals surface area contributed by atoms with E-state index in [9.17, 15) is 0 Å². The van der Waals surface area contributed by atoms with Gasteiger partial charge in [-0.05, 0) is 51.5 Å². The Labute approximate surface area is 125 Å². The smallest absolute Gasteiger partial charge is 0.0674 e. The lowest BCUT2D eigenvalue weighted by atomic mass is 9.76. The van der Waals surface area contributed by atoms with Crippen LogP contribution in [0.1, 0.15) is 52.9 Å². The number of rotatable bonds is 5. The third-order valence-corrected chi connectivity index (χ3v) is 5.56. The number of nitrogens with zero attached hydrogens (tertiary/aromatic N) is 1. The predicted molar refractivity (Wildman–Crippen MR) is 85.0 cm³/mol. The molecule has 1 saturated carbocycles. The lowest BCUT2D eigenvalue weighted by Gasteiger charge is -2.44. The van der Waals surface area contributed by atoms with Crippen LogP contribution in [0.5, 0.6) is 0 Å². The molecule has 1 aliphatic heterocycles. The molecule has 2 aliphatic rings. The standard InChI is InChI=1S/C17H34N2O/c1-5-14-7-8-17(18-4)15(9-14)11-19-10-13(3)20-12-16(19)6-2/h13-18H,5-12H2,1-4H3. The Kier molecular flexibility index (Phi) is 6.31. The molecule has 118 valence electrons. The minimum Gasteiger partial charge on any atom is -0.376 e. The van der Waals surface area contributed by atoms with E-state index >= 15 is 0 Å². The second-order valence-corrected chi connectivity index (χ2v) is 6.90. The lowest BCUT2D eigenvalue weighted by Crippen LogP contribution is -2.53. The zero-order valence-corrected chi connectivity index (χ0v) is 13.9. The van der Waals surface area contributed by atoms with Crippen molar-refractivity contribution in [3.8, 4) is 0 Å². The fraction of sp³-hybridized carbons (Fsp3) is 1.00. The molecular weight excluding hydrogens is 248 g/mol. The van der Waals surface area contributed by atoms with Crippen molar-refractivity contribution in [1.82, 2.24) is 10.2 Å². The van der Waals surface area contributed by atoms with E-state index in [-0.39, 0.29) is 0 Å². The number of ether oxygens (including phenoxy) is 1. The molecular formula is C17H34N2O. The molecule has 1 saturated heterocycles. The van der Waals surface area contributed by atoms with E-state index in [4.69, 9.17) is 4.74 Å². The first kappa shape index (κ1) is 16.3. The number of nitrogens with one attached hydrogen (secondary N) is 1. The fourth-order valence-corrected chi connectivity index (χ4v) is 4.13. The summed E-state index contributed by atoms with van der Waals surface area (Å²) < 4.78 is 5.84. The molecule has 2 rings (SSSR count). The normalized spacial score (nSPS) is 39.9. The first-order chi connectivity index (χ1) is 9.67. The van der Waals surface area contributed by atoms with Gasteiger partial charge in [-0.2, -0.15) is 0 Å². The average Bonchev–Trinajstić information content (AvgIpc) is 2.47. The quantitative estimate of drug-likeness (QED) is 0.839. The van der Waals surface area contributed by atoms with Gasteiger partial charge in [-0.3, -0.25) is 4.90 Å². The molecule has 2 fully saturated rings. The summed E-state index contributed by atoms with van der Waals surface area (Å²) >= 11 is 0. The molecule has 5 unspecified atom stereocenters. The summed E-state index contributed by atoms with van der Waals surface area (Å²) in [6.45, 7) is 10.2. The highest BCUT2D eigenvalue weighted by atomic mass is 16.5. The van der Waals surface area contributed by atoms with Crippen molar-refractivity contribution in [3.63, 3.8) is 0 Å². The van der Waals surface area contributed by atoms with Crippen molar-refractivity contribution < 1.29 is 4.74 Å². The molecule has 0 spiro atoms. The molecule has 0 radical (unpaired) electrons. The molecule has 1 N–H and O–H groups in total. The second kappa shape index (κ2) is 7.77. The molecule has 1 heterocycles. The van der Waals surface area contributed by atoms with E-state index in [0.717, 1.165) is 25.0 Å². The van der Waals surface area contributed by atoms with Crippen LogP contribution in [0.25, 0.3) is 0 Å². The summed E-state index contributed by atoms with van der Waals surface area (Å²) in [6, 6.07) is 1.35. The van der Waals surface area contributed by atoms with Gasteiger partial charge >= 0.3 is 0 Å². The summed E-state index contributed by atoms with van der Waals surface area (Å²) in [4.78, 5) is 2.71. The average molecular weight is 282 g/mol. The Balaban J connectivity index is 1.96. The number of hydrogen-bond donors (Lipinski definition) is 1. The summed E-state index contributed by atoms with van der Waals surface area (Å²) in [5, 5.41) is 3.57. The predicted octanol–water partition coefficient (Wildman–Crippen LogP) is 2.90. The number of hydrogen-bond acceptors (Lipinski definition) is 3. The van der Waals surface area contributed by atoms with Gasteiger partial charge in [0.1, 0.15) is 0 Å². The number of morpholine rings is 1. The van der Waals surface area contributed by atoms with Crippen molar-refractivity contribution >= 4 is 0 Å². The molecule has 0 amide bonds. The van der Waals surface area contributed by atoms with Gasteiger partial charge in [0.2, 0.25) is 0 Å². The van der Waals surface area contributed by atoms with Crippen LogP contribution in [0, 0.1) is 11.8 Å². The Bertz CT molecular complexity index is 284. The Morgan fingerprint density at radius 3 is 2.65 bits per heavy atom. The molecule has 0 aromatic rings. The van der Waals surface area contributed by atoms with Gasteiger partial charge in [0.25, 0.3) is 0 Å². The topological polar surface area (TPSA) is 24.5 Å². The van der Waals surface area contributed by atoms with Gasteiger partial charge in [0.15, 0.2) is 0 Å².